The molecule has 2 aliphatic rings. The number of nitrogens with zero attached hydrogens (tertiary/aromatic N) is 2. The Morgan fingerprint density at radius 2 is 1.97 bits per heavy atom. The van der Waals surface area contributed by atoms with Gasteiger partial charge in [-0.2, -0.15) is 4.99 Å². The highest BCUT2D eigenvalue weighted by Gasteiger charge is 2.29. The summed E-state index contributed by atoms with van der Waals surface area (Å²) in [5, 5.41) is 11.9. The molecule has 200 valence electrons. The number of aliphatic carboxylic acids is 1. The number of amidine groups is 1. The molecule has 1 heterocycles. The van der Waals surface area contributed by atoms with E-state index >= 15 is 0 Å². The number of carbonyl (C=O) groups is 3. The smallest absolute Gasteiger partial charge is 0.408 e. The number of carbonyl (C=O) groups excluding carboxylic acids is 2. The van der Waals surface area contributed by atoms with Gasteiger partial charge in [-0.15, -0.1) is 0 Å². The summed E-state index contributed by atoms with van der Waals surface area (Å²) in [4.78, 5) is 41.5. The van der Waals surface area contributed by atoms with E-state index < -0.39 is 23.7 Å². The fourth-order valence-electron chi connectivity index (χ4n) is 4.07. The number of ether oxygens (including phenoxy) is 2. The maximum Gasteiger partial charge on any atom is 0.408 e. The van der Waals surface area contributed by atoms with Gasteiger partial charge in [0, 0.05) is 38.1 Å². The summed E-state index contributed by atoms with van der Waals surface area (Å²) in [5.41, 5.74) is 5.25. The van der Waals surface area contributed by atoms with Crippen LogP contribution in [0.25, 0.3) is 0 Å². The number of carboxylic acid groups (broad SMARTS) is 1. The molecule has 0 bridgehead atoms. The van der Waals surface area contributed by atoms with E-state index in [0.717, 1.165) is 19.3 Å². The van der Waals surface area contributed by atoms with Crippen molar-refractivity contribution >= 4 is 23.9 Å². The zero-order valence-electron chi connectivity index (χ0n) is 22.0. The number of carboxylic acids is 1. The van der Waals surface area contributed by atoms with Gasteiger partial charge in [0.15, 0.2) is 6.04 Å². The molecule has 1 aliphatic carbocycles. The zero-order valence-corrected chi connectivity index (χ0v) is 22.0. The molecule has 10 nitrogen and oxygen atoms in total. The van der Waals surface area contributed by atoms with E-state index in [1.54, 1.807) is 31.7 Å². The average Bonchev–Trinajstić information content (AvgIpc) is 2.81. The third kappa shape index (κ3) is 9.53. The van der Waals surface area contributed by atoms with Crippen LogP contribution in [0.15, 0.2) is 16.6 Å². The van der Waals surface area contributed by atoms with Crippen LogP contribution in [0.3, 0.4) is 0 Å². The Labute approximate surface area is 213 Å². The van der Waals surface area contributed by atoms with E-state index in [9.17, 15) is 19.5 Å². The first-order chi connectivity index (χ1) is 16.9. The number of nitrogens with two attached hydrogens (primary N) is 1. The minimum atomic E-state index is -1.27. The van der Waals surface area contributed by atoms with Crippen molar-refractivity contribution in [3.63, 3.8) is 0 Å². The van der Waals surface area contributed by atoms with Gasteiger partial charge in [-0.3, -0.25) is 0 Å². The molecule has 3 amide bonds. The molecule has 1 aliphatic heterocycles. The molecule has 1 saturated heterocycles. The number of hydrogen-bond donors (Lipinski definition) is 3. The SMILES string of the molecule is CC/C(N)=N/C(=O)N1CCC([C@H](C)CCOC2C#CC([C@H](NC(=O)OC(C)(C)C)C(=O)O)=CC2)CC1. The highest BCUT2D eigenvalue weighted by molar-refractivity contribution is 5.92. The number of amides is 3. The second-order valence-corrected chi connectivity index (χ2v) is 10.3. The predicted octanol–water partition coefficient (Wildman–Crippen LogP) is 3.31. The van der Waals surface area contributed by atoms with Crippen molar-refractivity contribution in [1.29, 1.82) is 0 Å². The lowest BCUT2D eigenvalue weighted by Crippen LogP contribution is -2.44. The Balaban J connectivity index is 1.76. The first kappa shape index (κ1) is 29.2. The average molecular weight is 505 g/mol. The molecule has 36 heavy (non-hydrogen) atoms. The maximum atomic E-state index is 12.2. The highest BCUT2D eigenvalue weighted by Crippen LogP contribution is 2.27. The Kier molecular flexibility index (Phi) is 10.8. The molecular weight excluding hydrogens is 464 g/mol. The molecule has 0 saturated carbocycles. The Morgan fingerprint density at radius 1 is 1.31 bits per heavy atom. The predicted molar refractivity (Wildman–Crippen MR) is 136 cm³/mol. The number of hydrogen-bond acceptors (Lipinski definition) is 5. The molecule has 3 atom stereocenters. The number of rotatable bonds is 9. The summed E-state index contributed by atoms with van der Waals surface area (Å²) in [6, 6.07) is -1.52. The van der Waals surface area contributed by atoms with Gasteiger partial charge in [0.1, 0.15) is 17.5 Å². The van der Waals surface area contributed by atoms with Crippen molar-refractivity contribution in [3.05, 3.63) is 11.6 Å². The molecule has 0 radical (unpaired) electrons. The normalized spacial score (nSPS) is 20.5. The molecule has 0 spiro atoms. The van der Waals surface area contributed by atoms with Gasteiger partial charge in [-0.1, -0.05) is 31.8 Å². The number of nitrogens with one attached hydrogen (secondary N) is 1. The number of urea groups is 1. The van der Waals surface area contributed by atoms with E-state index in [4.69, 9.17) is 15.2 Å². The van der Waals surface area contributed by atoms with Gasteiger partial charge in [0.25, 0.3) is 0 Å². The van der Waals surface area contributed by atoms with Crippen molar-refractivity contribution in [2.24, 2.45) is 22.6 Å². The van der Waals surface area contributed by atoms with Crippen molar-refractivity contribution in [3.8, 4) is 11.8 Å². The van der Waals surface area contributed by atoms with E-state index in [2.05, 4.69) is 29.1 Å². The second kappa shape index (κ2) is 13.3. The Morgan fingerprint density at radius 3 is 2.50 bits per heavy atom. The zero-order chi connectivity index (χ0) is 26.9. The quantitative estimate of drug-likeness (QED) is 0.248. The van der Waals surface area contributed by atoms with Gasteiger partial charge in [-0.25, -0.2) is 14.4 Å². The van der Waals surface area contributed by atoms with Crippen LogP contribution in [0, 0.1) is 23.7 Å². The van der Waals surface area contributed by atoms with Crippen LogP contribution < -0.4 is 11.1 Å². The summed E-state index contributed by atoms with van der Waals surface area (Å²) >= 11 is 0. The number of aliphatic imine (C=N–C) groups is 1. The van der Waals surface area contributed by atoms with E-state index in [0.29, 0.717) is 55.8 Å². The van der Waals surface area contributed by atoms with Crippen molar-refractivity contribution in [1.82, 2.24) is 10.2 Å². The molecule has 10 heteroatoms. The van der Waals surface area contributed by atoms with Gasteiger partial charge in [-0.05, 0) is 51.9 Å². The molecule has 2 rings (SSSR count). The summed E-state index contributed by atoms with van der Waals surface area (Å²) in [6.07, 6.45) is 4.28. The lowest BCUT2D eigenvalue weighted by Gasteiger charge is -2.34. The maximum absolute atomic E-state index is 12.2. The highest BCUT2D eigenvalue weighted by atomic mass is 16.6. The molecule has 1 fully saturated rings. The Bertz CT molecular complexity index is 919. The fourth-order valence-corrected chi connectivity index (χ4v) is 4.07. The molecule has 4 N–H and O–H groups in total. The molecule has 0 aromatic heterocycles. The molecule has 0 aromatic rings. The summed E-state index contributed by atoms with van der Waals surface area (Å²) in [6.45, 7) is 11.1. The van der Waals surface area contributed by atoms with Crippen LogP contribution in [0.5, 0.6) is 0 Å². The van der Waals surface area contributed by atoms with E-state index in [1.165, 1.54) is 0 Å². The van der Waals surface area contributed by atoms with Gasteiger partial charge in [0.05, 0.1) is 0 Å². The molecule has 0 aromatic carbocycles. The number of alkyl carbamates (subject to hydrolysis) is 1. The van der Waals surface area contributed by atoms with Crippen molar-refractivity contribution in [2.45, 2.75) is 84.5 Å². The van der Waals surface area contributed by atoms with Crippen LogP contribution >= 0.6 is 0 Å². The van der Waals surface area contributed by atoms with Crippen LogP contribution in [0.2, 0.25) is 0 Å². The van der Waals surface area contributed by atoms with Gasteiger partial charge in [0.2, 0.25) is 0 Å². The summed E-state index contributed by atoms with van der Waals surface area (Å²) in [5.74, 6) is 5.88. The van der Waals surface area contributed by atoms with Crippen LogP contribution in [0.1, 0.15) is 66.7 Å². The summed E-state index contributed by atoms with van der Waals surface area (Å²) in [7, 11) is 0. The minimum Gasteiger partial charge on any atom is -0.479 e. The standard InChI is InChI=1S/C26H40N4O6/c1-6-21(27)28-24(33)30-14-11-18(12-15-30)17(2)13-16-35-20-9-7-19(8-10-20)22(23(31)32)29-25(34)36-26(3,4)5/h7,17-18,20,22H,6,9,11-16H2,1-5H3,(H,29,34)(H,31,32)(H2,27,28,33)/t17-,20?,22+/m1/s1. The van der Waals surface area contributed by atoms with Crippen LogP contribution in [0.4, 0.5) is 9.59 Å². The van der Waals surface area contributed by atoms with E-state index in [1.807, 2.05) is 6.92 Å². The van der Waals surface area contributed by atoms with Gasteiger partial charge < -0.3 is 30.5 Å². The largest absolute Gasteiger partial charge is 0.479 e. The van der Waals surface area contributed by atoms with Crippen LogP contribution in [-0.2, 0) is 14.3 Å². The summed E-state index contributed by atoms with van der Waals surface area (Å²) < 4.78 is 11.1. The van der Waals surface area contributed by atoms with E-state index in [-0.39, 0.29) is 12.1 Å². The third-order valence-corrected chi connectivity index (χ3v) is 6.26. The number of likely N-dealkylation sites (tertiary alicyclic amines) is 1. The molecular formula is C26H40N4O6. The van der Waals surface area contributed by atoms with Crippen molar-refractivity contribution < 1.29 is 29.0 Å². The first-order valence-corrected chi connectivity index (χ1v) is 12.6. The number of piperidine rings is 1. The monoisotopic (exact) mass is 504 g/mol. The Hall–Kier alpha value is -3.06. The van der Waals surface area contributed by atoms with Gasteiger partial charge >= 0.3 is 18.1 Å². The van der Waals surface area contributed by atoms with Crippen LogP contribution in [-0.4, -0.2) is 71.4 Å². The molecule has 1 unspecified atom stereocenters. The lowest BCUT2D eigenvalue weighted by molar-refractivity contribution is -0.138. The minimum absolute atomic E-state index is 0.251. The first-order valence-electron chi connectivity index (χ1n) is 12.6. The van der Waals surface area contributed by atoms with Crippen molar-refractivity contribution in [2.75, 3.05) is 19.7 Å². The third-order valence-electron chi connectivity index (χ3n) is 6.26. The fraction of sp³-hybridized carbons (Fsp3) is 0.692. The second-order valence-electron chi connectivity index (χ2n) is 10.3. The lowest BCUT2D eigenvalue weighted by atomic mass is 9.84. The topological polar surface area (TPSA) is 144 Å².